The van der Waals surface area contributed by atoms with Crippen LogP contribution >= 0.6 is 0 Å². The SMILES string of the molecule is CCC1CCN(C(C)C)C1. The summed E-state index contributed by atoms with van der Waals surface area (Å²) in [6.45, 7) is 9.55. The maximum absolute atomic E-state index is 2.58. The van der Waals surface area contributed by atoms with Crippen molar-refractivity contribution in [1.82, 2.24) is 4.90 Å². The largest absolute Gasteiger partial charge is 0.301 e. The van der Waals surface area contributed by atoms with Crippen molar-refractivity contribution in [2.24, 2.45) is 5.92 Å². The molecule has 1 nitrogen and oxygen atoms in total. The molecule has 10 heavy (non-hydrogen) atoms. The van der Waals surface area contributed by atoms with Crippen LogP contribution in [0.4, 0.5) is 0 Å². The Hall–Kier alpha value is -0.0400. The molecule has 1 heterocycles. The number of hydrogen-bond donors (Lipinski definition) is 0. The Morgan fingerprint density at radius 1 is 1.50 bits per heavy atom. The molecule has 0 saturated carbocycles. The lowest BCUT2D eigenvalue weighted by atomic mass is 10.1. The molecule has 1 saturated heterocycles. The van der Waals surface area contributed by atoms with E-state index in [1.165, 1.54) is 25.9 Å². The van der Waals surface area contributed by atoms with Crippen LogP contribution in [0.1, 0.15) is 33.6 Å². The van der Waals surface area contributed by atoms with Crippen molar-refractivity contribution in [3.63, 3.8) is 0 Å². The Balaban J connectivity index is 2.28. The van der Waals surface area contributed by atoms with Crippen LogP contribution < -0.4 is 0 Å². The molecule has 1 aliphatic rings. The predicted molar refractivity (Wildman–Crippen MR) is 45.1 cm³/mol. The van der Waals surface area contributed by atoms with Gasteiger partial charge in [-0.15, -0.1) is 0 Å². The van der Waals surface area contributed by atoms with Gasteiger partial charge in [0.1, 0.15) is 0 Å². The van der Waals surface area contributed by atoms with Crippen LogP contribution in [0.5, 0.6) is 0 Å². The molecule has 60 valence electrons. The topological polar surface area (TPSA) is 3.24 Å². The minimum atomic E-state index is 0.761. The zero-order valence-corrected chi connectivity index (χ0v) is 7.43. The number of likely N-dealkylation sites (tertiary alicyclic amines) is 1. The second kappa shape index (κ2) is 3.38. The summed E-state index contributed by atoms with van der Waals surface area (Å²) in [5.41, 5.74) is 0. The summed E-state index contributed by atoms with van der Waals surface area (Å²) in [6, 6.07) is 0.761. The number of hydrogen-bond acceptors (Lipinski definition) is 1. The van der Waals surface area contributed by atoms with E-state index in [-0.39, 0.29) is 0 Å². The van der Waals surface area contributed by atoms with Crippen molar-refractivity contribution in [2.45, 2.75) is 39.7 Å². The maximum atomic E-state index is 2.58. The highest BCUT2D eigenvalue weighted by molar-refractivity contribution is 4.76. The molecule has 0 amide bonds. The molecule has 1 atom stereocenters. The molecule has 1 unspecified atom stereocenters. The van der Waals surface area contributed by atoms with Gasteiger partial charge < -0.3 is 4.90 Å². The van der Waals surface area contributed by atoms with E-state index in [1.807, 2.05) is 0 Å². The minimum absolute atomic E-state index is 0.761. The van der Waals surface area contributed by atoms with E-state index >= 15 is 0 Å². The molecule has 1 heteroatoms. The van der Waals surface area contributed by atoms with Crippen molar-refractivity contribution in [1.29, 1.82) is 0 Å². The van der Waals surface area contributed by atoms with Gasteiger partial charge in [-0.05, 0) is 32.7 Å². The molecule has 0 aliphatic carbocycles. The van der Waals surface area contributed by atoms with E-state index < -0.39 is 0 Å². The van der Waals surface area contributed by atoms with E-state index in [1.54, 1.807) is 0 Å². The first-order valence-electron chi connectivity index (χ1n) is 4.48. The van der Waals surface area contributed by atoms with Crippen LogP contribution in [-0.2, 0) is 0 Å². The average Bonchev–Trinajstić information content (AvgIpc) is 2.34. The first kappa shape index (κ1) is 8.06. The molecule has 0 N–H and O–H groups in total. The highest BCUT2D eigenvalue weighted by atomic mass is 15.2. The lowest BCUT2D eigenvalue weighted by molar-refractivity contribution is 0.264. The van der Waals surface area contributed by atoms with Crippen LogP contribution in [-0.4, -0.2) is 24.0 Å². The van der Waals surface area contributed by atoms with Gasteiger partial charge in [0.05, 0.1) is 0 Å². The Morgan fingerprint density at radius 2 is 2.20 bits per heavy atom. The normalized spacial score (nSPS) is 28.2. The third kappa shape index (κ3) is 1.72. The molecule has 1 aliphatic heterocycles. The van der Waals surface area contributed by atoms with Gasteiger partial charge in [0.25, 0.3) is 0 Å². The second-order valence-electron chi connectivity index (χ2n) is 3.65. The van der Waals surface area contributed by atoms with Crippen LogP contribution in [0, 0.1) is 5.92 Å². The zero-order chi connectivity index (χ0) is 7.56. The van der Waals surface area contributed by atoms with E-state index in [9.17, 15) is 0 Å². The van der Waals surface area contributed by atoms with Gasteiger partial charge in [-0.3, -0.25) is 0 Å². The average molecular weight is 141 g/mol. The molecule has 1 rings (SSSR count). The lowest BCUT2D eigenvalue weighted by Gasteiger charge is -2.19. The van der Waals surface area contributed by atoms with Crippen molar-refractivity contribution >= 4 is 0 Å². The quantitative estimate of drug-likeness (QED) is 0.569. The highest BCUT2D eigenvalue weighted by Gasteiger charge is 2.21. The summed E-state index contributed by atoms with van der Waals surface area (Å²) in [5.74, 6) is 0.988. The molecule has 0 bridgehead atoms. The fourth-order valence-corrected chi connectivity index (χ4v) is 1.66. The maximum Gasteiger partial charge on any atom is 0.00387 e. The summed E-state index contributed by atoms with van der Waals surface area (Å²) in [7, 11) is 0. The Bertz CT molecular complexity index is 98.9. The van der Waals surface area contributed by atoms with E-state index in [0.717, 1.165) is 12.0 Å². The molecule has 1 fully saturated rings. The fraction of sp³-hybridized carbons (Fsp3) is 1.00. The minimum Gasteiger partial charge on any atom is -0.301 e. The summed E-state index contributed by atoms with van der Waals surface area (Å²) in [5, 5.41) is 0. The molecular weight excluding hydrogens is 122 g/mol. The molecule has 0 aromatic carbocycles. The third-order valence-corrected chi connectivity index (χ3v) is 2.62. The molecule has 0 aromatic rings. The summed E-state index contributed by atoms with van der Waals surface area (Å²) < 4.78 is 0. The molecule has 0 spiro atoms. The van der Waals surface area contributed by atoms with Gasteiger partial charge in [0.2, 0.25) is 0 Å². The Morgan fingerprint density at radius 3 is 2.50 bits per heavy atom. The standard InChI is InChI=1S/C9H19N/c1-4-9-5-6-10(7-9)8(2)3/h8-9H,4-7H2,1-3H3. The van der Waals surface area contributed by atoms with Crippen LogP contribution in [0.2, 0.25) is 0 Å². The van der Waals surface area contributed by atoms with Crippen molar-refractivity contribution in [3.8, 4) is 0 Å². The molecular formula is C9H19N. The van der Waals surface area contributed by atoms with Crippen LogP contribution in [0.15, 0.2) is 0 Å². The van der Waals surface area contributed by atoms with Gasteiger partial charge in [0.15, 0.2) is 0 Å². The third-order valence-electron chi connectivity index (χ3n) is 2.62. The van der Waals surface area contributed by atoms with Crippen LogP contribution in [0.25, 0.3) is 0 Å². The second-order valence-corrected chi connectivity index (χ2v) is 3.65. The summed E-state index contributed by atoms with van der Waals surface area (Å²) in [6.07, 6.45) is 2.79. The van der Waals surface area contributed by atoms with Gasteiger partial charge in [-0.1, -0.05) is 13.3 Å². The summed E-state index contributed by atoms with van der Waals surface area (Å²) in [4.78, 5) is 2.58. The van der Waals surface area contributed by atoms with Crippen LogP contribution in [0.3, 0.4) is 0 Å². The fourth-order valence-electron chi connectivity index (χ4n) is 1.66. The van der Waals surface area contributed by atoms with E-state index in [2.05, 4.69) is 25.7 Å². The first-order chi connectivity index (χ1) is 4.74. The van der Waals surface area contributed by atoms with Gasteiger partial charge >= 0.3 is 0 Å². The highest BCUT2D eigenvalue weighted by Crippen LogP contribution is 2.20. The van der Waals surface area contributed by atoms with E-state index in [0.29, 0.717) is 0 Å². The number of rotatable bonds is 2. The van der Waals surface area contributed by atoms with E-state index in [4.69, 9.17) is 0 Å². The van der Waals surface area contributed by atoms with Crippen molar-refractivity contribution < 1.29 is 0 Å². The Kier molecular flexibility index (Phi) is 2.72. The lowest BCUT2D eigenvalue weighted by Crippen LogP contribution is -2.28. The van der Waals surface area contributed by atoms with Crippen molar-refractivity contribution in [2.75, 3.05) is 13.1 Å². The van der Waals surface area contributed by atoms with Crippen molar-refractivity contribution in [3.05, 3.63) is 0 Å². The van der Waals surface area contributed by atoms with Gasteiger partial charge in [-0.2, -0.15) is 0 Å². The first-order valence-corrected chi connectivity index (χ1v) is 4.48. The smallest absolute Gasteiger partial charge is 0.00387 e. The van der Waals surface area contributed by atoms with Gasteiger partial charge in [-0.25, -0.2) is 0 Å². The van der Waals surface area contributed by atoms with Gasteiger partial charge in [0, 0.05) is 12.6 Å². The predicted octanol–water partition coefficient (Wildman–Crippen LogP) is 2.13. The molecule has 0 radical (unpaired) electrons. The summed E-state index contributed by atoms with van der Waals surface area (Å²) >= 11 is 0. The zero-order valence-electron chi connectivity index (χ0n) is 7.43. The molecule has 0 aromatic heterocycles. The Labute approximate surface area is 64.4 Å². The monoisotopic (exact) mass is 141 g/mol. The number of nitrogens with zero attached hydrogens (tertiary/aromatic N) is 1.